The fourth-order valence-corrected chi connectivity index (χ4v) is 4.81. The zero-order chi connectivity index (χ0) is 21.6. The summed E-state index contributed by atoms with van der Waals surface area (Å²) in [6.07, 6.45) is 2.27. The maximum absolute atomic E-state index is 12.5. The first kappa shape index (κ1) is 22.3. The van der Waals surface area contributed by atoms with E-state index in [0.717, 1.165) is 24.0 Å². The second kappa shape index (κ2) is 10.1. The molecule has 2 amide bonds. The Morgan fingerprint density at radius 3 is 2.07 bits per heavy atom. The van der Waals surface area contributed by atoms with Gasteiger partial charge in [0.2, 0.25) is 10.0 Å². The van der Waals surface area contributed by atoms with Crippen LogP contribution in [0, 0.1) is 0 Å². The lowest BCUT2D eigenvalue weighted by Gasteiger charge is -2.15. The number of halogens is 1. The van der Waals surface area contributed by atoms with Crippen molar-refractivity contribution in [3.8, 4) is 0 Å². The summed E-state index contributed by atoms with van der Waals surface area (Å²) in [5.41, 5.74) is 1.71. The van der Waals surface area contributed by atoms with E-state index in [0.29, 0.717) is 24.5 Å². The smallest absolute Gasteiger partial charge is 0.309 e. The Morgan fingerprint density at radius 2 is 1.43 bits per heavy atom. The van der Waals surface area contributed by atoms with Crippen LogP contribution in [0.25, 0.3) is 0 Å². The lowest BCUT2D eigenvalue weighted by Crippen LogP contribution is -2.40. The van der Waals surface area contributed by atoms with Gasteiger partial charge in [-0.1, -0.05) is 35.9 Å². The second-order valence-corrected chi connectivity index (χ2v) is 9.44. The summed E-state index contributed by atoms with van der Waals surface area (Å²) >= 11 is 5.81. The van der Waals surface area contributed by atoms with E-state index in [-0.39, 0.29) is 18.0 Å². The van der Waals surface area contributed by atoms with Crippen LogP contribution in [0.3, 0.4) is 0 Å². The van der Waals surface area contributed by atoms with Crippen molar-refractivity contribution in [2.24, 2.45) is 0 Å². The van der Waals surface area contributed by atoms with Crippen molar-refractivity contribution >= 4 is 33.4 Å². The molecule has 160 valence electrons. The maximum Gasteiger partial charge on any atom is 0.309 e. The number of carbonyl (C=O) groups is 2. The summed E-state index contributed by atoms with van der Waals surface area (Å²) in [7, 11) is -3.43. The van der Waals surface area contributed by atoms with Gasteiger partial charge in [0, 0.05) is 31.2 Å². The van der Waals surface area contributed by atoms with Gasteiger partial charge in [0.1, 0.15) is 0 Å². The van der Waals surface area contributed by atoms with Crippen molar-refractivity contribution in [3.63, 3.8) is 0 Å². The second-order valence-electron chi connectivity index (χ2n) is 7.07. The van der Waals surface area contributed by atoms with Crippen LogP contribution in [0.15, 0.2) is 53.4 Å². The highest BCUT2D eigenvalue weighted by atomic mass is 35.5. The van der Waals surface area contributed by atoms with E-state index in [1.165, 1.54) is 4.31 Å². The topological polar surface area (TPSA) is 95.6 Å². The number of rotatable bonds is 7. The first-order valence-corrected chi connectivity index (χ1v) is 11.6. The number of nitrogens with zero attached hydrogens (tertiary/aromatic N) is 1. The predicted octanol–water partition coefficient (Wildman–Crippen LogP) is 2.10. The molecule has 0 aromatic heterocycles. The highest BCUT2D eigenvalue weighted by molar-refractivity contribution is 7.89. The molecule has 0 radical (unpaired) electrons. The molecule has 7 nitrogen and oxygen atoms in total. The van der Waals surface area contributed by atoms with Gasteiger partial charge in [0.15, 0.2) is 0 Å². The number of sulfonamides is 1. The number of hydrogen-bond acceptors (Lipinski definition) is 4. The van der Waals surface area contributed by atoms with Crippen LogP contribution >= 0.6 is 11.6 Å². The molecule has 2 aromatic carbocycles. The molecule has 30 heavy (non-hydrogen) atoms. The molecule has 0 saturated carbocycles. The van der Waals surface area contributed by atoms with Gasteiger partial charge in [-0.3, -0.25) is 9.59 Å². The zero-order valence-corrected chi connectivity index (χ0v) is 18.0. The van der Waals surface area contributed by atoms with Crippen molar-refractivity contribution in [2.75, 3.05) is 19.6 Å². The van der Waals surface area contributed by atoms with Gasteiger partial charge in [0.25, 0.3) is 0 Å². The number of hydrogen-bond donors (Lipinski definition) is 2. The van der Waals surface area contributed by atoms with Crippen LogP contribution in [-0.4, -0.2) is 44.2 Å². The van der Waals surface area contributed by atoms with E-state index >= 15 is 0 Å². The Kier molecular flexibility index (Phi) is 7.47. The molecule has 1 fully saturated rings. The summed E-state index contributed by atoms with van der Waals surface area (Å²) in [6.45, 7) is 1.63. The molecule has 0 bridgehead atoms. The van der Waals surface area contributed by atoms with Gasteiger partial charge in [-0.2, -0.15) is 4.31 Å². The number of nitrogens with one attached hydrogen (secondary N) is 2. The van der Waals surface area contributed by atoms with Crippen LogP contribution in [0.4, 0.5) is 0 Å². The monoisotopic (exact) mass is 449 g/mol. The molecule has 1 heterocycles. The number of carbonyl (C=O) groups excluding carboxylic acids is 2. The van der Waals surface area contributed by atoms with E-state index in [2.05, 4.69) is 10.6 Å². The van der Waals surface area contributed by atoms with Gasteiger partial charge >= 0.3 is 11.8 Å². The standard InChI is InChI=1S/C21H24ClN3O4S/c22-18-7-3-17(4-8-18)15-24-21(27)20(26)23-12-11-16-5-9-19(10-6-16)30(28,29)25-13-1-2-14-25/h3-10H,1-2,11-15H2,(H,23,26)(H,24,27). The predicted molar refractivity (Wildman–Crippen MR) is 114 cm³/mol. The molecule has 3 rings (SSSR count). The average molecular weight is 450 g/mol. The molecule has 9 heteroatoms. The Balaban J connectivity index is 1.43. The number of amides is 2. The molecule has 2 N–H and O–H groups in total. The highest BCUT2D eigenvalue weighted by Crippen LogP contribution is 2.21. The lowest BCUT2D eigenvalue weighted by atomic mass is 10.1. The first-order chi connectivity index (χ1) is 14.4. The summed E-state index contributed by atoms with van der Waals surface area (Å²) in [6, 6.07) is 13.6. The van der Waals surface area contributed by atoms with Crippen LogP contribution in [-0.2, 0) is 32.6 Å². The molecule has 0 unspecified atom stereocenters. The van der Waals surface area contributed by atoms with Crippen LogP contribution in [0.2, 0.25) is 5.02 Å². The van der Waals surface area contributed by atoms with Crippen LogP contribution in [0.1, 0.15) is 24.0 Å². The minimum Gasteiger partial charge on any atom is -0.348 e. The third-order valence-electron chi connectivity index (χ3n) is 4.90. The fraction of sp³-hybridized carbons (Fsp3) is 0.333. The quantitative estimate of drug-likeness (QED) is 0.633. The Bertz CT molecular complexity index is 986. The molecular weight excluding hydrogens is 426 g/mol. The summed E-state index contributed by atoms with van der Waals surface area (Å²) < 4.78 is 26.6. The zero-order valence-electron chi connectivity index (χ0n) is 16.4. The molecule has 0 aliphatic carbocycles. The van der Waals surface area contributed by atoms with Crippen molar-refractivity contribution in [1.29, 1.82) is 0 Å². The molecule has 1 aliphatic rings. The Labute approximate surface area is 181 Å². The third-order valence-corrected chi connectivity index (χ3v) is 7.06. The lowest BCUT2D eigenvalue weighted by molar-refractivity contribution is -0.139. The maximum atomic E-state index is 12.5. The average Bonchev–Trinajstić information content (AvgIpc) is 3.29. The van der Waals surface area contributed by atoms with Crippen molar-refractivity contribution in [2.45, 2.75) is 30.7 Å². The Hall–Kier alpha value is -2.42. The van der Waals surface area contributed by atoms with Gasteiger partial charge < -0.3 is 10.6 Å². The summed E-state index contributed by atoms with van der Waals surface area (Å²) in [4.78, 5) is 24.1. The largest absolute Gasteiger partial charge is 0.348 e. The van der Waals surface area contributed by atoms with E-state index < -0.39 is 21.8 Å². The molecule has 1 saturated heterocycles. The minimum absolute atomic E-state index is 0.233. The van der Waals surface area contributed by atoms with E-state index in [1.54, 1.807) is 48.5 Å². The first-order valence-electron chi connectivity index (χ1n) is 9.76. The minimum atomic E-state index is -3.43. The van der Waals surface area contributed by atoms with E-state index in [4.69, 9.17) is 11.6 Å². The van der Waals surface area contributed by atoms with Gasteiger partial charge in [-0.15, -0.1) is 0 Å². The summed E-state index contributed by atoms with van der Waals surface area (Å²) in [5.74, 6) is -1.42. The molecule has 0 spiro atoms. The van der Waals surface area contributed by atoms with Crippen molar-refractivity contribution in [1.82, 2.24) is 14.9 Å². The number of benzene rings is 2. The fourth-order valence-electron chi connectivity index (χ4n) is 3.17. The Morgan fingerprint density at radius 1 is 0.867 bits per heavy atom. The van der Waals surface area contributed by atoms with Gasteiger partial charge in [-0.25, -0.2) is 8.42 Å². The van der Waals surface area contributed by atoms with E-state index in [9.17, 15) is 18.0 Å². The molecule has 2 aromatic rings. The van der Waals surface area contributed by atoms with Crippen molar-refractivity contribution < 1.29 is 18.0 Å². The summed E-state index contributed by atoms with van der Waals surface area (Å²) in [5, 5.41) is 5.72. The highest BCUT2D eigenvalue weighted by Gasteiger charge is 2.26. The van der Waals surface area contributed by atoms with Gasteiger partial charge in [0.05, 0.1) is 4.90 Å². The molecular formula is C21H24ClN3O4S. The van der Waals surface area contributed by atoms with Gasteiger partial charge in [-0.05, 0) is 54.7 Å². The molecule has 0 atom stereocenters. The third kappa shape index (κ3) is 5.81. The normalized spacial score (nSPS) is 14.4. The van der Waals surface area contributed by atoms with Crippen LogP contribution < -0.4 is 10.6 Å². The van der Waals surface area contributed by atoms with Crippen LogP contribution in [0.5, 0.6) is 0 Å². The van der Waals surface area contributed by atoms with Crippen molar-refractivity contribution in [3.05, 3.63) is 64.7 Å². The van der Waals surface area contributed by atoms with E-state index in [1.807, 2.05) is 0 Å². The molecule has 1 aliphatic heterocycles. The SMILES string of the molecule is O=C(NCCc1ccc(S(=O)(=O)N2CCCC2)cc1)C(=O)NCc1ccc(Cl)cc1.